The Morgan fingerprint density at radius 1 is 1.11 bits per heavy atom. The minimum atomic E-state index is 0.537. The molecule has 3 rings (SSSR count). The molecule has 0 aromatic carbocycles. The highest BCUT2D eigenvalue weighted by Gasteiger charge is 2.19. The van der Waals surface area contributed by atoms with Crippen LogP contribution in [0.2, 0.25) is 0 Å². The van der Waals surface area contributed by atoms with E-state index in [0.717, 1.165) is 64.0 Å². The lowest BCUT2D eigenvalue weighted by molar-refractivity contribution is 0.122. The van der Waals surface area contributed by atoms with Crippen LogP contribution in [0.1, 0.15) is 25.7 Å². The molecule has 0 spiro atoms. The molecule has 0 amide bonds. The molecule has 2 aliphatic rings. The van der Waals surface area contributed by atoms with E-state index >= 15 is 0 Å². The third-order valence-corrected chi connectivity index (χ3v) is 5.00. The number of aromatic nitrogens is 2. The Labute approximate surface area is 166 Å². The lowest BCUT2D eigenvalue weighted by Crippen LogP contribution is -2.38. The molecular weight excluding hydrogens is 364 g/mol. The second-order valence-electron chi connectivity index (χ2n) is 6.78. The summed E-state index contributed by atoms with van der Waals surface area (Å²) in [6.07, 6.45) is 4.60. The first kappa shape index (κ1) is 20.0. The molecule has 27 heavy (non-hydrogen) atoms. The third-order valence-electron chi connectivity index (χ3n) is 4.75. The Balaban J connectivity index is 1.71. The zero-order valence-corrected chi connectivity index (χ0v) is 16.9. The van der Waals surface area contributed by atoms with Crippen LogP contribution in [-0.2, 0) is 9.47 Å². The highest BCUT2D eigenvalue weighted by Crippen LogP contribution is 2.24. The van der Waals surface area contributed by atoms with Crippen LogP contribution in [0, 0.1) is 0 Å². The summed E-state index contributed by atoms with van der Waals surface area (Å²) < 4.78 is 10.5. The molecule has 0 atom stereocenters. The van der Waals surface area contributed by atoms with E-state index in [2.05, 4.69) is 26.5 Å². The molecule has 2 saturated heterocycles. The topological polar surface area (TPSA) is 74.8 Å². The number of piperidine rings is 1. The van der Waals surface area contributed by atoms with Crippen LogP contribution >= 0.6 is 12.2 Å². The smallest absolute Gasteiger partial charge is 0.232 e. The summed E-state index contributed by atoms with van der Waals surface area (Å²) in [5.41, 5.74) is 0. The summed E-state index contributed by atoms with van der Waals surface area (Å²) in [5.74, 6) is 2.44. The second-order valence-corrected chi connectivity index (χ2v) is 7.19. The molecule has 3 heterocycles. The van der Waals surface area contributed by atoms with Crippen LogP contribution in [0.3, 0.4) is 0 Å². The number of ether oxygens (including phenoxy) is 2. The molecule has 2 aliphatic heterocycles. The number of thiocarbonyl (C=S) groups is 1. The lowest BCUT2D eigenvalue weighted by Gasteiger charge is -2.31. The van der Waals surface area contributed by atoms with Crippen molar-refractivity contribution in [2.24, 2.45) is 0 Å². The van der Waals surface area contributed by atoms with Gasteiger partial charge in [0, 0.05) is 52.5 Å². The highest BCUT2D eigenvalue weighted by atomic mass is 32.1. The van der Waals surface area contributed by atoms with Crippen molar-refractivity contribution >= 4 is 34.9 Å². The van der Waals surface area contributed by atoms with Crippen molar-refractivity contribution in [3.63, 3.8) is 0 Å². The molecule has 0 radical (unpaired) electrons. The number of nitrogens with one attached hydrogen (secondary N) is 2. The number of nitrogens with zero attached hydrogens (tertiary/aromatic N) is 4. The summed E-state index contributed by atoms with van der Waals surface area (Å²) in [7, 11) is 1.70. The Morgan fingerprint density at radius 2 is 1.78 bits per heavy atom. The number of morpholine rings is 1. The van der Waals surface area contributed by atoms with Crippen molar-refractivity contribution in [3.05, 3.63) is 6.07 Å². The Hall–Kier alpha value is -1.71. The maximum Gasteiger partial charge on any atom is 0.232 e. The summed E-state index contributed by atoms with van der Waals surface area (Å²) >= 11 is 5.39. The van der Waals surface area contributed by atoms with Gasteiger partial charge in [0.15, 0.2) is 5.11 Å². The van der Waals surface area contributed by atoms with Gasteiger partial charge in [-0.15, -0.1) is 0 Å². The van der Waals surface area contributed by atoms with Gasteiger partial charge in [0.2, 0.25) is 5.95 Å². The van der Waals surface area contributed by atoms with E-state index < -0.39 is 0 Å². The Morgan fingerprint density at radius 3 is 2.44 bits per heavy atom. The lowest BCUT2D eigenvalue weighted by atomic mass is 10.1. The van der Waals surface area contributed by atoms with Crippen molar-refractivity contribution in [1.82, 2.24) is 15.3 Å². The maximum absolute atomic E-state index is 5.47. The van der Waals surface area contributed by atoms with Crippen LogP contribution in [0.25, 0.3) is 0 Å². The monoisotopic (exact) mass is 394 g/mol. The van der Waals surface area contributed by atoms with Crippen LogP contribution < -0.4 is 20.4 Å². The molecular formula is C18H30N6O2S. The third kappa shape index (κ3) is 6.15. The van der Waals surface area contributed by atoms with Crippen molar-refractivity contribution < 1.29 is 9.47 Å². The molecule has 150 valence electrons. The van der Waals surface area contributed by atoms with Crippen molar-refractivity contribution in [1.29, 1.82) is 0 Å². The van der Waals surface area contributed by atoms with Crippen molar-refractivity contribution in [2.75, 3.05) is 74.8 Å². The average Bonchev–Trinajstić information content (AvgIpc) is 2.72. The second kappa shape index (κ2) is 10.6. The van der Waals surface area contributed by atoms with E-state index in [1.54, 1.807) is 7.11 Å². The van der Waals surface area contributed by atoms with E-state index in [1.807, 2.05) is 0 Å². The molecule has 0 aliphatic carbocycles. The highest BCUT2D eigenvalue weighted by molar-refractivity contribution is 7.80. The van der Waals surface area contributed by atoms with Crippen LogP contribution in [0.5, 0.6) is 0 Å². The molecule has 1 aromatic heterocycles. The van der Waals surface area contributed by atoms with Crippen LogP contribution in [-0.4, -0.2) is 74.7 Å². The minimum absolute atomic E-state index is 0.537. The van der Waals surface area contributed by atoms with E-state index in [0.29, 0.717) is 17.7 Å². The van der Waals surface area contributed by atoms with Crippen molar-refractivity contribution in [2.45, 2.75) is 25.7 Å². The van der Waals surface area contributed by atoms with E-state index in [-0.39, 0.29) is 0 Å². The molecule has 0 bridgehead atoms. The van der Waals surface area contributed by atoms with E-state index in [1.165, 1.54) is 19.3 Å². The minimum Gasteiger partial charge on any atom is -0.385 e. The van der Waals surface area contributed by atoms with Gasteiger partial charge in [-0.05, 0) is 37.9 Å². The normalized spacial score (nSPS) is 17.7. The van der Waals surface area contributed by atoms with Gasteiger partial charge in [-0.2, -0.15) is 9.97 Å². The van der Waals surface area contributed by atoms with Gasteiger partial charge < -0.3 is 29.9 Å². The first-order valence-corrected chi connectivity index (χ1v) is 10.2. The molecule has 9 heteroatoms. The number of rotatable bonds is 7. The largest absolute Gasteiger partial charge is 0.385 e. The molecule has 8 nitrogen and oxygen atoms in total. The fourth-order valence-corrected chi connectivity index (χ4v) is 3.47. The predicted molar refractivity (Wildman–Crippen MR) is 112 cm³/mol. The van der Waals surface area contributed by atoms with Gasteiger partial charge >= 0.3 is 0 Å². The molecule has 0 unspecified atom stereocenters. The molecule has 1 aromatic rings. The van der Waals surface area contributed by atoms with Gasteiger partial charge in [0.1, 0.15) is 11.6 Å². The SMILES string of the molecule is COCCCNC(=S)Nc1nc(N2CCCCC2)cc(N2CCOCC2)n1. The summed E-state index contributed by atoms with van der Waals surface area (Å²) in [5, 5.41) is 6.86. The summed E-state index contributed by atoms with van der Waals surface area (Å²) in [6.45, 7) is 6.68. The zero-order chi connectivity index (χ0) is 18.9. The standard InChI is InChI=1S/C18H30N6O2S/c1-25-11-5-6-19-18(27)22-17-20-15(23-7-3-2-4-8-23)14-16(21-17)24-9-12-26-13-10-24/h14H,2-13H2,1H3,(H2,19,20,21,22,27). The first-order valence-electron chi connectivity index (χ1n) is 9.77. The molecule has 2 fully saturated rings. The molecule has 2 N–H and O–H groups in total. The predicted octanol–water partition coefficient (Wildman–Crippen LogP) is 1.63. The van der Waals surface area contributed by atoms with Gasteiger partial charge in [0.05, 0.1) is 13.2 Å². The Kier molecular flexibility index (Phi) is 7.85. The van der Waals surface area contributed by atoms with Crippen LogP contribution in [0.15, 0.2) is 6.07 Å². The Bertz CT molecular complexity index is 569. The summed E-state index contributed by atoms with van der Waals surface area (Å²) in [4.78, 5) is 14.0. The maximum atomic E-state index is 5.47. The number of anilines is 3. The first-order chi connectivity index (χ1) is 13.3. The van der Waals surface area contributed by atoms with E-state index in [4.69, 9.17) is 31.7 Å². The van der Waals surface area contributed by atoms with E-state index in [9.17, 15) is 0 Å². The average molecular weight is 395 g/mol. The zero-order valence-electron chi connectivity index (χ0n) is 16.1. The van der Waals surface area contributed by atoms with Gasteiger partial charge in [-0.3, -0.25) is 0 Å². The number of hydrogen-bond donors (Lipinski definition) is 2. The van der Waals surface area contributed by atoms with Gasteiger partial charge in [-0.1, -0.05) is 0 Å². The summed E-state index contributed by atoms with van der Waals surface area (Å²) in [6, 6.07) is 2.09. The number of methoxy groups -OCH3 is 1. The van der Waals surface area contributed by atoms with Gasteiger partial charge in [0.25, 0.3) is 0 Å². The number of hydrogen-bond acceptors (Lipinski definition) is 7. The van der Waals surface area contributed by atoms with Crippen LogP contribution in [0.4, 0.5) is 17.6 Å². The van der Waals surface area contributed by atoms with Gasteiger partial charge in [-0.25, -0.2) is 0 Å². The fourth-order valence-electron chi connectivity index (χ4n) is 3.28. The molecule has 0 saturated carbocycles. The van der Waals surface area contributed by atoms with Crippen molar-refractivity contribution in [3.8, 4) is 0 Å². The quantitative estimate of drug-likeness (QED) is 0.530. The fraction of sp³-hybridized carbons (Fsp3) is 0.722.